The normalized spacial score (nSPS) is 12.4. The highest BCUT2D eigenvalue weighted by Crippen LogP contribution is 2.08. The van der Waals surface area contributed by atoms with E-state index in [0.29, 0.717) is 5.56 Å². The van der Waals surface area contributed by atoms with Gasteiger partial charge in [-0.1, -0.05) is 6.07 Å². The lowest BCUT2D eigenvalue weighted by Gasteiger charge is -2.11. The fraction of sp³-hybridized carbons (Fsp3) is 0.300. The fourth-order valence-electron chi connectivity index (χ4n) is 1.12. The summed E-state index contributed by atoms with van der Waals surface area (Å²) >= 11 is 0. The van der Waals surface area contributed by atoms with Gasteiger partial charge in [0.1, 0.15) is 6.04 Å². The molecule has 1 rings (SSSR count). The first-order chi connectivity index (χ1) is 7.54. The van der Waals surface area contributed by atoms with Gasteiger partial charge in [-0.15, -0.1) is 0 Å². The van der Waals surface area contributed by atoms with Crippen molar-refractivity contribution in [1.29, 1.82) is 0 Å². The number of carboxylic acids is 1. The Bertz CT molecular complexity index is 384. The van der Waals surface area contributed by atoms with Crippen LogP contribution in [0.3, 0.4) is 0 Å². The average molecular weight is 231 g/mol. The summed E-state index contributed by atoms with van der Waals surface area (Å²) in [7, 11) is 0. The number of aliphatic hydroxyl groups excluding tert-OH is 1. The second-order valence-corrected chi connectivity index (χ2v) is 3.20. The highest BCUT2D eigenvalue weighted by Gasteiger charge is 2.15. The molecule has 16 heavy (non-hydrogen) atoms. The quantitative estimate of drug-likeness (QED) is 0.690. The van der Waals surface area contributed by atoms with Crippen molar-refractivity contribution in [3.63, 3.8) is 0 Å². The van der Waals surface area contributed by atoms with Gasteiger partial charge in [-0.25, -0.2) is 8.78 Å². The van der Waals surface area contributed by atoms with Crippen LogP contribution < -0.4 is 5.32 Å². The zero-order chi connectivity index (χ0) is 12.1. The van der Waals surface area contributed by atoms with E-state index in [-0.39, 0.29) is 6.54 Å². The maximum Gasteiger partial charge on any atom is 0.323 e. The fourth-order valence-corrected chi connectivity index (χ4v) is 1.12. The molecule has 0 amide bonds. The second-order valence-electron chi connectivity index (χ2n) is 3.20. The largest absolute Gasteiger partial charge is 0.480 e. The van der Waals surface area contributed by atoms with E-state index in [9.17, 15) is 13.6 Å². The number of rotatable bonds is 5. The molecule has 0 aliphatic heterocycles. The molecule has 0 aliphatic carbocycles. The van der Waals surface area contributed by atoms with E-state index in [1.54, 1.807) is 0 Å². The molecule has 0 saturated heterocycles. The van der Waals surface area contributed by atoms with Crippen LogP contribution in [-0.2, 0) is 11.3 Å². The van der Waals surface area contributed by atoms with Gasteiger partial charge >= 0.3 is 5.97 Å². The Balaban J connectivity index is 2.60. The molecule has 0 spiro atoms. The zero-order valence-corrected chi connectivity index (χ0v) is 8.28. The summed E-state index contributed by atoms with van der Waals surface area (Å²) in [5.74, 6) is -3.15. The SMILES string of the molecule is O=C(O)C(CO)NCc1ccc(F)c(F)c1. The van der Waals surface area contributed by atoms with E-state index in [1.165, 1.54) is 6.07 Å². The van der Waals surface area contributed by atoms with Crippen molar-refractivity contribution >= 4 is 5.97 Å². The van der Waals surface area contributed by atoms with Gasteiger partial charge in [0.25, 0.3) is 0 Å². The van der Waals surface area contributed by atoms with Crippen molar-refractivity contribution in [2.45, 2.75) is 12.6 Å². The van der Waals surface area contributed by atoms with Gasteiger partial charge in [-0.2, -0.15) is 0 Å². The Morgan fingerprint density at radius 3 is 2.56 bits per heavy atom. The standard InChI is InChI=1S/C10H11F2NO3/c11-7-2-1-6(3-8(7)12)4-13-9(5-14)10(15)16/h1-3,9,13-14H,4-5H2,(H,15,16). The second kappa shape index (κ2) is 5.53. The van der Waals surface area contributed by atoms with Gasteiger partial charge in [0, 0.05) is 6.54 Å². The molecule has 0 aromatic heterocycles. The summed E-state index contributed by atoms with van der Waals surface area (Å²) in [6.07, 6.45) is 0. The molecule has 3 N–H and O–H groups in total. The van der Waals surface area contributed by atoms with Gasteiger partial charge in [-0.05, 0) is 17.7 Å². The molecular formula is C10H11F2NO3. The highest BCUT2D eigenvalue weighted by molar-refractivity contribution is 5.73. The van der Waals surface area contributed by atoms with E-state index < -0.39 is 30.3 Å². The Kier molecular flexibility index (Phi) is 4.33. The lowest BCUT2D eigenvalue weighted by molar-refractivity contribution is -0.140. The molecule has 1 atom stereocenters. The molecule has 0 heterocycles. The first kappa shape index (κ1) is 12.5. The van der Waals surface area contributed by atoms with Crippen LogP contribution in [0, 0.1) is 11.6 Å². The number of carbonyl (C=O) groups is 1. The van der Waals surface area contributed by atoms with Gasteiger partial charge in [0.05, 0.1) is 6.61 Å². The maximum absolute atomic E-state index is 12.8. The van der Waals surface area contributed by atoms with Gasteiger partial charge in [0.15, 0.2) is 11.6 Å². The first-order valence-electron chi connectivity index (χ1n) is 4.55. The molecule has 0 saturated carbocycles. The molecule has 6 heteroatoms. The lowest BCUT2D eigenvalue weighted by atomic mass is 10.2. The molecule has 0 radical (unpaired) electrons. The maximum atomic E-state index is 12.8. The zero-order valence-electron chi connectivity index (χ0n) is 8.28. The summed E-state index contributed by atoms with van der Waals surface area (Å²) in [6.45, 7) is -0.534. The molecule has 0 bridgehead atoms. The van der Waals surface area contributed by atoms with Gasteiger partial charge in [0.2, 0.25) is 0 Å². The number of aliphatic carboxylic acids is 1. The molecular weight excluding hydrogens is 220 g/mol. The predicted octanol–water partition coefficient (Wildman–Crippen LogP) is 0.500. The van der Waals surface area contributed by atoms with E-state index in [4.69, 9.17) is 10.2 Å². The number of aliphatic hydroxyl groups is 1. The molecule has 1 aromatic carbocycles. The third kappa shape index (κ3) is 3.25. The van der Waals surface area contributed by atoms with Crippen LogP contribution in [-0.4, -0.2) is 28.8 Å². The Morgan fingerprint density at radius 2 is 2.06 bits per heavy atom. The molecule has 1 unspecified atom stereocenters. The minimum absolute atomic E-state index is 0.0364. The van der Waals surface area contributed by atoms with Crippen molar-refractivity contribution in [2.24, 2.45) is 0 Å². The molecule has 0 fully saturated rings. The first-order valence-corrected chi connectivity index (χ1v) is 4.55. The summed E-state index contributed by atoms with van der Waals surface area (Å²) < 4.78 is 25.3. The molecule has 0 aliphatic rings. The smallest absolute Gasteiger partial charge is 0.323 e. The molecule has 4 nitrogen and oxygen atoms in total. The number of hydrogen-bond acceptors (Lipinski definition) is 3. The van der Waals surface area contributed by atoms with Crippen molar-refractivity contribution < 1.29 is 23.8 Å². The van der Waals surface area contributed by atoms with Crippen LogP contribution in [0.4, 0.5) is 8.78 Å². The molecule has 1 aromatic rings. The van der Waals surface area contributed by atoms with Crippen molar-refractivity contribution in [2.75, 3.05) is 6.61 Å². The number of benzene rings is 1. The number of halogens is 2. The average Bonchev–Trinajstić information content (AvgIpc) is 2.23. The summed E-state index contributed by atoms with van der Waals surface area (Å²) in [4.78, 5) is 10.5. The Morgan fingerprint density at radius 1 is 1.38 bits per heavy atom. The van der Waals surface area contributed by atoms with Crippen LogP contribution in [0.1, 0.15) is 5.56 Å². The van der Waals surface area contributed by atoms with Crippen molar-refractivity contribution in [1.82, 2.24) is 5.32 Å². The van der Waals surface area contributed by atoms with E-state index in [2.05, 4.69) is 5.32 Å². The summed E-state index contributed by atoms with van der Waals surface area (Å²) in [5, 5.41) is 19.8. The topological polar surface area (TPSA) is 69.6 Å². The van der Waals surface area contributed by atoms with Crippen LogP contribution >= 0.6 is 0 Å². The number of carboxylic acid groups (broad SMARTS) is 1. The van der Waals surface area contributed by atoms with Crippen LogP contribution in [0.25, 0.3) is 0 Å². The minimum Gasteiger partial charge on any atom is -0.480 e. The van der Waals surface area contributed by atoms with Gasteiger partial charge < -0.3 is 10.2 Å². The highest BCUT2D eigenvalue weighted by atomic mass is 19.2. The Hall–Kier alpha value is -1.53. The molecule has 88 valence electrons. The Labute approximate surface area is 90.5 Å². The van der Waals surface area contributed by atoms with Gasteiger partial charge in [-0.3, -0.25) is 10.1 Å². The monoisotopic (exact) mass is 231 g/mol. The third-order valence-corrected chi connectivity index (χ3v) is 2.02. The van der Waals surface area contributed by atoms with Crippen molar-refractivity contribution in [3.05, 3.63) is 35.4 Å². The lowest BCUT2D eigenvalue weighted by Crippen LogP contribution is -2.39. The van der Waals surface area contributed by atoms with E-state index in [1.807, 2.05) is 0 Å². The number of hydrogen-bond donors (Lipinski definition) is 3. The van der Waals surface area contributed by atoms with Crippen LogP contribution in [0.5, 0.6) is 0 Å². The third-order valence-electron chi connectivity index (χ3n) is 2.02. The summed E-state index contributed by atoms with van der Waals surface area (Å²) in [6, 6.07) is 2.15. The van der Waals surface area contributed by atoms with E-state index in [0.717, 1.165) is 12.1 Å². The van der Waals surface area contributed by atoms with Crippen LogP contribution in [0.2, 0.25) is 0 Å². The minimum atomic E-state index is -1.20. The predicted molar refractivity (Wildman–Crippen MR) is 51.7 cm³/mol. The van der Waals surface area contributed by atoms with E-state index >= 15 is 0 Å². The summed E-state index contributed by atoms with van der Waals surface area (Å²) in [5.41, 5.74) is 0.401. The van der Waals surface area contributed by atoms with Crippen molar-refractivity contribution in [3.8, 4) is 0 Å². The van der Waals surface area contributed by atoms with Crippen LogP contribution in [0.15, 0.2) is 18.2 Å². The number of nitrogens with one attached hydrogen (secondary N) is 1.